The Balaban J connectivity index is 1.23. The average Bonchev–Trinajstić information content (AvgIpc) is 3.22. The van der Waals surface area contributed by atoms with Crippen molar-refractivity contribution in [2.75, 3.05) is 19.7 Å². The van der Waals surface area contributed by atoms with Crippen LogP contribution < -0.4 is 0 Å². The van der Waals surface area contributed by atoms with E-state index in [0.717, 1.165) is 36.1 Å². The van der Waals surface area contributed by atoms with Crippen molar-refractivity contribution in [3.05, 3.63) is 54.7 Å². The summed E-state index contributed by atoms with van der Waals surface area (Å²) in [6.45, 7) is 1.21. The third kappa shape index (κ3) is 3.76. The van der Waals surface area contributed by atoms with Crippen molar-refractivity contribution in [2.45, 2.75) is 32.1 Å². The van der Waals surface area contributed by atoms with E-state index in [-0.39, 0.29) is 17.9 Å². The van der Waals surface area contributed by atoms with Crippen molar-refractivity contribution in [2.24, 2.45) is 10.8 Å². The first-order valence-electron chi connectivity index (χ1n) is 11.2. The maximum Gasteiger partial charge on any atom is 0.222 e. The third-order valence-corrected chi connectivity index (χ3v) is 7.28. The molecule has 1 aromatic carbocycles. The number of amides is 1. The summed E-state index contributed by atoms with van der Waals surface area (Å²) in [4.78, 5) is 22.9. The third-order valence-electron chi connectivity index (χ3n) is 7.28. The van der Waals surface area contributed by atoms with Crippen molar-refractivity contribution in [3.63, 3.8) is 0 Å². The first-order valence-corrected chi connectivity index (χ1v) is 11.2. The van der Waals surface area contributed by atoms with Crippen LogP contribution in [-0.4, -0.2) is 60.6 Å². The molecule has 2 fully saturated rings. The molecular weight excluding hydrogens is 418 g/mol. The summed E-state index contributed by atoms with van der Waals surface area (Å²) in [7, 11) is 0. The molecule has 1 saturated carbocycles. The Bertz CT molecular complexity index is 1190. The van der Waals surface area contributed by atoms with Crippen LogP contribution in [0.15, 0.2) is 49.2 Å². The smallest absolute Gasteiger partial charge is 0.222 e. The normalized spacial score (nSPS) is 21.0. The fraction of sp³-hybridized carbons (Fsp3) is 0.417. The number of aliphatic hydroxyl groups is 1. The van der Waals surface area contributed by atoms with Crippen LogP contribution in [0.1, 0.15) is 31.2 Å². The topological polar surface area (TPSA) is 121 Å². The van der Waals surface area contributed by atoms with Crippen LogP contribution in [0, 0.1) is 22.2 Å². The lowest BCUT2D eigenvalue weighted by molar-refractivity contribution is -0.132. The minimum atomic E-state index is -0.594. The predicted molar refractivity (Wildman–Crippen MR) is 119 cm³/mol. The fourth-order valence-electron chi connectivity index (χ4n) is 5.08. The summed E-state index contributed by atoms with van der Waals surface area (Å²) in [6.07, 6.45) is 10.0. The van der Waals surface area contributed by atoms with Gasteiger partial charge in [0.05, 0.1) is 30.0 Å². The molecule has 0 radical (unpaired) electrons. The van der Waals surface area contributed by atoms with E-state index in [9.17, 15) is 15.2 Å². The van der Waals surface area contributed by atoms with Gasteiger partial charge < -0.3 is 10.0 Å². The Hall–Kier alpha value is -3.64. The highest BCUT2D eigenvalue weighted by Gasteiger charge is 2.68. The number of carbonyl (C=O) groups is 1. The molecule has 9 nitrogen and oxygen atoms in total. The molecule has 3 heterocycles. The zero-order valence-electron chi connectivity index (χ0n) is 18.3. The molecule has 1 saturated heterocycles. The Morgan fingerprint density at radius 2 is 1.94 bits per heavy atom. The second kappa shape index (κ2) is 8.37. The summed E-state index contributed by atoms with van der Waals surface area (Å²) in [5, 5.41) is 27.6. The van der Waals surface area contributed by atoms with E-state index in [2.05, 4.69) is 26.3 Å². The molecule has 1 amide bonds. The van der Waals surface area contributed by atoms with E-state index >= 15 is 0 Å². The fourth-order valence-corrected chi connectivity index (χ4v) is 5.08. The van der Waals surface area contributed by atoms with Gasteiger partial charge in [-0.15, -0.1) is 5.10 Å². The summed E-state index contributed by atoms with van der Waals surface area (Å²) < 4.78 is 1.72. The van der Waals surface area contributed by atoms with Crippen LogP contribution >= 0.6 is 0 Å². The number of aromatic nitrogens is 5. The second-order valence-corrected chi connectivity index (χ2v) is 8.99. The van der Waals surface area contributed by atoms with Gasteiger partial charge in [0.25, 0.3) is 0 Å². The number of hydrogen-bond donors (Lipinski definition) is 1. The molecule has 33 heavy (non-hydrogen) atoms. The first kappa shape index (κ1) is 21.2. The molecule has 5 rings (SSSR count). The van der Waals surface area contributed by atoms with Gasteiger partial charge in [0, 0.05) is 37.5 Å². The van der Waals surface area contributed by atoms with Crippen molar-refractivity contribution in [1.29, 1.82) is 5.26 Å². The van der Waals surface area contributed by atoms with Crippen LogP contribution in [-0.2, 0) is 11.2 Å². The molecule has 0 bridgehead atoms. The molecule has 2 aliphatic rings. The summed E-state index contributed by atoms with van der Waals surface area (Å²) in [5.41, 5.74) is 2.68. The standard InChI is InChI=1S/C24H25N7O2/c25-15-24(16-32)14-23(24)7-9-30(10-8-23)22(33)6-5-18-3-1-2-4-21(18)31-13-20(28-29-31)19-11-26-17-27-12-19/h1-4,11-13,17,32H,5-10,14,16H2. The van der Waals surface area contributed by atoms with Crippen LogP contribution in [0.25, 0.3) is 16.9 Å². The number of likely N-dealkylation sites (tertiary alicyclic amines) is 1. The van der Waals surface area contributed by atoms with Crippen LogP contribution in [0.3, 0.4) is 0 Å². The zero-order valence-corrected chi connectivity index (χ0v) is 18.3. The Morgan fingerprint density at radius 3 is 2.64 bits per heavy atom. The zero-order chi connectivity index (χ0) is 22.9. The molecule has 1 aliphatic heterocycles. The molecule has 1 spiro atoms. The number of aryl methyl sites for hydroxylation is 1. The molecular formula is C24H25N7O2. The number of rotatable bonds is 6. The molecule has 168 valence electrons. The Labute approximate surface area is 191 Å². The van der Waals surface area contributed by atoms with E-state index in [0.29, 0.717) is 31.6 Å². The number of piperidine rings is 1. The van der Waals surface area contributed by atoms with Gasteiger partial charge in [-0.25, -0.2) is 14.6 Å². The summed E-state index contributed by atoms with van der Waals surface area (Å²) >= 11 is 0. The van der Waals surface area contributed by atoms with Gasteiger partial charge in [0.15, 0.2) is 0 Å². The molecule has 1 aliphatic carbocycles. The predicted octanol–water partition coefficient (Wildman–Crippen LogP) is 2.17. The van der Waals surface area contributed by atoms with Gasteiger partial charge >= 0.3 is 0 Å². The lowest BCUT2D eigenvalue weighted by atomic mass is 9.85. The molecule has 1 unspecified atom stereocenters. The maximum atomic E-state index is 12.9. The molecule has 2 aromatic heterocycles. The highest BCUT2D eigenvalue weighted by molar-refractivity contribution is 5.76. The van der Waals surface area contributed by atoms with Crippen LogP contribution in [0.4, 0.5) is 0 Å². The van der Waals surface area contributed by atoms with E-state index in [4.69, 9.17) is 0 Å². The van der Waals surface area contributed by atoms with Gasteiger partial charge in [-0.05, 0) is 42.7 Å². The molecule has 1 N–H and O–H groups in total. The number of benzene rings is 1. The maximum absolute atomic E-state index is 12.9. The highest BCUT2D eigenvalue weighted by atomic mass is 16.3. The van der Waals surface area contributed by atoms with Gasteiger partial charge in [-0.3, -0.25) is 4.79 Å². The van der Waals surface area contributed by atoms with E-state index in [1.54, 1.807) is 17.1 Å². The van der Waals surface area contributed by atoms with Crippen LogP contribution in [0.5, 0.6) is 0 Å². The van der Waals surface area contributed by atoms with E-state index in [1.165, 1.54) is 6.33 Å². The van der Waals surface area contributed by atoms with Gasteiger partial charge in [-0.2, -0.15) is 5.26 Å². The minimum Gasteiger partial charge on any atom is -0.395 e. The van der Waals surface area contributed by atoms with Gasteiger partial charge in [-0.1, -0.05) is 23.4 Å². The number of para-hydroxylation sites is 1. The van der Waals surface area contributed by atoms with E-state index in [1.807, 2.05) is 35.4 Å². The van der Waals surface area contributed by atoms with Crippen molar-refractivity contribution >= 4 is 5.91 Å². The minimum absolute atomic E-state index is 0.0878. The van der Waals surface area contributed by atoms with Crippen molar-refractivity contribution in [3.8, 4) is 23.0 Å². The number of aliphatic hydroxyl groups excluding tert-OH is 1. The molecule has 9 heteroatoms. The monoisotopic (exact) mass is 443 g/mol. The number of hydrogen-bond acceptors (Lipinski definition) is 7. The average molecular weight is 444 g/mol. The van der Waals surface area contributed by atoms with Gasteiger partial charge in [0.2, 0.25) is 5.91 Å². The van der Waals surface area contributed by atoms with Crippen LogP contribution in [0.2, 0.25) is 0 Å². The second-order valence-electron chi connectivity index (χ2n) is 8.99. The van der Waals surface area contributed by atoms with Gasteiger partial charge in [0.1, 0.15) is 12.0 Å². The SMILES string of the molecule is N#CC1(CO)CC12CCN(C(=O)CCc1ccccc1-n1cc(-c3cncnc3)nn1)CC2. The first-order chi connectivity index (χ1) is 16.1. The van der Waals surface area contributed by atoms with Crippen molar-refractivity contribution < 1.29 is 9.90 Å². The van der Waals surface area contributed by atoms with Crippen molar-refractivity contribution in [1.82, 2.24) is 29.9 Å². The quantitative estimate of drug-likeness (QED) is 0.620. The number of nitrogens with zero attached hydrogens (tertiary/aromatic N) is 7. The lowest BCUT2D eigenvalue weighted by Gasteiger charge is -2.34. The molecule has 3 aromatic rings. The Kier molecular flexibility index (Phi) is 5.38. The lowest BCUT2D eigenvalue weighted by Crippen LogP contribution is -2.41. The van der Waals surface area contributed by atoms with E-state index < -0.39 is 5.41 Å². The largest absolute Gasteiger partial charge is 0.395 e. The number of carbonyl (C=O) groups excluding carboxylic acids is 1. The summed E-state index contributed by atoms with van der Waals surface area (Å²) in [6, 6.07) is 10.2. The highest BCUT2D eigenvalue weighted by Crippen LogP contribution is 2.68. The number of nitriles is 1. The molecule has 1 atom stereocenters. The Morgan fingerprint density at radius 1 is 1.18 bits per heavy atom. The summed E-state index contributed by atoms with van der Waals surface area (Å²) in [5.74, 6) is 0.118.